The highest BCUT2D eigenvalue weighted by molar-refractivity contribution is 5.75. The van der Waals surface area contributed by atoms with Gasteiger partial charge in [0.2, 0.25) is 0 Å². The molecule has 0 spiro atoms. The Morgan fingerprint density at radius 2 is 1.61 bits per heavy atom. The van der Waals surface area contributed by atoms with Crippen LogP contribution >= 0.6 is 0 Å². The maximum Gasteiger partial charge on any atom is 0.148 e. The summed E-state index contributed by atoms with van der Waals surface area (Å²) in [6.45, 7) is 2.87. The quantitative estimate of drug-likeness (QED) is 0.339. The number of aryl methyl sites for hydroxylation is 2. The fourth-order valence-electron chi connectivity index (χ4n) is 3.99. The minimum atomic E-state index is 0.379. The Balaban J connectivity index is 1.44. The zero-order chi connectivity index (χ0) is 22.8. The summed E-state index contributed by atoms with van der Waals surface area (Å²) in [5, 5.41) is 0. The average Bonchev–Trinajstić information content (AvgIpc) is 3.41. The van der Waals surface area contributed by atoms with Gasteiger partial charge in [-0.1, -0.05) is 42.0 Å². The first-order chi connectivity index (χ1) is 16.1. The number of rotatable bonds is 7. The largest absolute Gasteiger partial charge is 0.496 e. The minimum absolute atomic E-state index is 0.379. The van der Waals surface area contributed by atoms with Crippen LogP contribution in [0.4, 0.5) is 0 Å². The zero-order valence-corrected chi connectivity index (χ0v) is 19.0. The summed E-state index contributed by atoms with van der Waals surface area (Å²) < 4.78 is 15.8. The molecule has 2 heterocycles. The van der Waals surface area contributed by atoms with E-state index in [0.29, 0.717) is 13.2 Å². The van der Waals surface area contributed by atoms with Crippen molar-refractivity contribution in [3.8, 4) is 22.8 Å². The van der Waals surface area contributed by atoms with E-state index in [4.69, 9.17) is 14.5 Å². The van der Waals surface area contributed by atoms with Gasteiger partial charge in [0.1, 0.15) is 24.0 Å². The molecule has 0 atom stereocenters. The van der Waals surface area contributed by atoms with Crippen LogP contribution in [0.5, 0.6) is 5.75 Å². The van der Waals surface area contributed by atoms with Crippen LogP contribution < -0.4 is 4.74 Å². The summed E-state index contributed by atoms with van der Waals surface area (Å²) in [5.41, 5.74) is 6.09. The van der Waals surface area contributed by atoms with E-state index in [1.807, 2.05) is 55.7 Å². The first kappa shape index (κ1) is 21.0. The predicted octanol–water partition coefficient (Wildman–Crippen LogP) is 5.46. The fourth-order valence-corrected chi connectivity index (χ4v) is 3.99. The third-order valence-electron chi connectivity index (χ3n) is 5.78. The summed E-state index contributed by atoms with van der Waals surface area (Å²) in [6, 6.07) is 24.4. The lowest BCUT2D eigenvalue weighted by atomic mass is 10.1. The van der Waals surface area contributed by atoms with Gasteiger partial charge in [-0.15, -0.1) is 0 Å². The number of imidazole rings is 2. The molecular formula is C27H26N4O2. The van der Waals surface area contributed by atoms with E-state index in [1.54, 1.807) is 7.11 Å². The van der Waals surface area contributed by atoms with Gasteiger partial charge in [0.05, 0.1) is 36.0 Å². The smallest absolute Gasteiger partial charge is 0.148 e. The van der Waals surface area contributed by atoms with Crippen molar-refractivity contribution in [3.05, 3.63) is 96.1 Å². The molecule has 0 unspecified atom stereocenters. The van der Waals surface area contributed by atoms with Crippen molar-refractivity contribution in [3.63, 3.8) is 0 Å². The number of methoxy groups -OCH3 is 1. The van der Waals surface area contributed by atoms with Crippen LogP contribution in [-0.4, -0.2) is 26.2 Å². The molecule has 0 bridgehead atoms. The summed E-state index contributed by atoms with van der Waals surface area (Å²) in [6.07, 6.45) is 2.03. The number of hydrogen-bond donors (Lipinski definition) is 0. The maximum absolute atomic E-state index is 6.04. The lowest BCUT2D eigenvalue weighted by Crippen LogP contribution is -2.01. The van der Waals surface area contributed by atoms with Crippen molar-refractivity contribution in [2.45, 2.75) is 20.1 Å². The molecule has 2 aromatic heterocycles. The maximum atomic E-state index is 6.04. The van der Waals surface area contributed by atoms with Crippen LogP contribution in [0.3, 0.4) is 0 Å². The Hall–Kier alpha value is -3.90. The van der Waals surface area contributed by atoms with Crippen LogP contribution in [-0.2, 0) is 25.0 Å². The second-order valence-electron chi connectivity index (χ2n) is 8.03. The number of para-hydroxylation sites is 3. The van der Waals surface area contributed by atoms with Crippen molar-refractivity contribution in [2.75, 3.05) is 7.11 Å². The number of hydrogen-bond acceptors (Lipinski definition) is 4. The molecule has 0 aliphatic rings. The standard InChI is InChI=1S/C27H26N4O2/c1-19-12-14-21(15-13-19)31-16-20(28-27(31)22-8-4-7-11-25(22)32-3)17-33-18-26-29-23-9-5-6-10-24(23)30(26)2/h4-16H,17-18H2,1-3H3. The summed E-state index contributed by atoms with van der Waals surface area (Å²) in [7, 11) is 3.69. The highest BCUT2D eigenvalue weighted by Crippen LogP contribution is 2.31. The number of fused-ring (bicyclic) bond motifs is 1. The fraction of sp³-hybridized carbons (Fsp3) is 0.185. The highest BCUT2D eigenvalue weighted by atomic mass is 16.5. The Morgan fingerprint density at radius 1 is 0.848 bits per heavy atom. The summed E-state index contributed by atoms with van der Waals surface area (Å²) in [4.78, 5) is 9.60. The molecule has 0 N–H and O–H groups in total. The molecule has 5 aromatic rings. The first-order valence-corrected chi connectivity index (χ1v) is 10.9. The van der Waals surface area contributed by atoms with E-state index in [9.17, 15) is 0 Å². The van der Waals surface area contributed by atoms with Gasteiger partial charge < -0.3 is 14.0 Å². The van der Waals surface area contributed by atoms with Crippen LogP contribution in [0.1, 0.15) is 17.1 Å². The molecule has 33 heavy (non-hydrogen) atoms. The average molecular weight is 439 g/mol. The van der Waals surface area contributed by atoms with Crippen LogP contribution in [0.25, 0.3) is 28.1 Å². The monoisotopic (exact) mass is 438 g/mol. The third kappa shape index (κ3) is 4.13. The van der Waals surface area contributed by atoms with Gasteiger partial charge >= 0.3 is 0 Å². The molecule has 0 radical (unpaired) electrons. The number of aromatic nitrogens is 4. The van der Waals surface area contributed by atoms with Crippen LogP contribution in [0.15, 0.2) is 79.0 Å². The van der Waals surface area contributed by atoms with Gasteiger partial charge in [-0.05, 0) is 43.3 Å². The molecule has 5 rings (SSSR count). The lowest BCUT2D eigenvalue weighted by molar-refractivity contribution is 0.0980. The van der Waals surface area contributed by atoms with Crippen LogP contribution in [0.2, 0.25) is 0 Å². The molecular weight excluding hydrogens is 412 g/mol. The Labute approximate surface area is 193 Å². The predicted molar refractivity (Wildman–Crippen MR) is 129 cm³/mol. The minimum Gasteiger partial charge on any atom is -0.496 e. The SMILES string of the molecule is COc1ccccc1-c1nc(COCc2nc3ccccc3n2C)cn1-c1ccc(C)cc1. The van der Waals surface area contributed by atoms with E-state index in [0.717, 1.165) is 45.4 Å². The van der Waals surface area contributed by atoms with Crippen molar-refractivity contribution < 1.29 is 9.47 Å². The van der Waals surface area contributed by atoms with Gasteiger partial charge in [-0.25, -0.2) is 9.97 Å². The molecule has 0 aliphatic carbocycles. The molecule has 0 aliphatic heterocycles. The van der Waals surface area contributed by atoms with Crippen molar-refractivity contribution in [1.29, 1.82) is 0 Å². The van der Waals surface area contributed by atoms with E-state index >= 15 is 0 Å². The Kier molecular flexibility index (Phi) is 5.67. The van der Waals surface area contributed by atoms with Gasteiger partial charge in [-0.3, -0.25) is 4.57 Å². The normalized spacial score (nSPS) is 11.2. The molecule has 0 amide bonds. The Bertz CT molecular complexity index is 1400. The zero-order valence-electron chi connectivity index (χ0n) is 19.0. The summed E-state index contributed by atoms with van der Waals surface area (Å²) >= 11 is 0. The number of ether oxygens (including phenoxy) is 2. The second-order valence-corrected chi connectivity index (χ2v) is 8.03. The summed E-state index contributed by atoms with van der Waals surface area (Å²) in [5.74, 6) is 2.49. The van der Waals surface area contributed by atoms with Crippen molar-refractivity contribution in [1.82, 2.24) is 19.1 Å². The molecule has 0 saturated carbocycles. The van der Waals surface area contributed by atoms with E-state index in [2.05, 4.69) is 51.4 Å². The van der Waals surface area contributed by atoms with Gasteiger partial charge in [0.15, 0.2) is 0 Å². The van der Waals surface area contributed by atoms with Crippen molar-refractivity contribution in [2.24, 2.45) is 7.05 Å². The third-order valence-corrected chi connectivity index (χ3v) is 5.78. The molecule has 0 fully saturated rings. The number of nitrogens with zero attached hydrogens (tertiary/aromatic N) is 4. The van der Waals surface area contributed by atoms with Crippen LogP contribution in [0, 0.1) is 6.92 Å². The number of benzene rings is 3. The molecule has 6 nitrogen and oxygen atoms in total. The van der Waals surface area contributed by atoms with Gasteiger partial charge in [-0.2, -0.15) is 0 Å². The highest BCUT2D eigenvalue weighted by Gasteiger charge is 2.16. The van der Waals surface area contributed by atoms with Gasteiger partial charge in [0.25, 0.3) is 0 Å². The van der Waals surface area contributed by atoms with Gasteiger partial charge in [0, 0.05) is 18.9 Å². The van der Waals surface area contributed by atoms with Crippen molar-refractivity contribution >= 4 is 11.0 Å². The topological polar surface area (TPSA) is 54.1 Å². The second kappa shape index (κ2) is 8.92. The first-order valence-electron chi connectivity index (χ1n) is 10.9. The van der Waals surface area contributed by atoms with E-state index < -0.39 is 0 Å². The molecule has 0 saturated heterocycles. The lowest BCUT2D eigenvalue weighted by Gasteiger charge is -2.11. The van der Waals surface area contributed by atoms with E-state index in [-0.39, 0.29) is 0 Å². The molecule has 3 aromatic carbocycles. The molecule has 6 heteroatoms. The Morgan fingerprint density at radius 3 is 2.39 bits per heavy atom. The molecule has 166 valence electrons. The van der Waals surface area contributed by atoms with E-state index in [1.165, 1.54) is 5.56 Å².